The number of hydrogen-bond acceptors (Lipinski definition) is 5. The first kappa shape index (κ1) is 26.2. The summed E-state index contributed by atoms with van der Waals surface area (Å²) in [6.45, 7) is 16.7. The van der Waals surface area contributed by atoms with Crippen molar-refractivity contribution < 1.29 is 9.13 Å². The summed E-state index contributed by atoms with van der Waals surface area (Å²) < 4.78 is 20.6. The molecule has 2 heterocycles. The van der Waals surface area contributed by atoms with Gasteiger partial charge in [-0.15, -0.1) is 0 Å². The van der Waals surface area contributed by atoms with Crippen LogP contribution in [-0.4, -0.2) is 43.0 Å². The molecule has 0 aliphatic carbocycles. The van der Waals surface area contributed by atoms with Crippen molar-refractivity contribution in [1.29, 1.82) is 0 Å². The highest BCUT2D eigenvalue weighted by molar-refractivity contribution is 5.94. The van der Waals surface area contributed by atoms with E-state index in [1.165, 1.54) is 11.9 Å². The molecule has 6 heteroatoms. The lowest BCUT2D eigenvalue weighted by atomic mass is 9.94. The van der Waals surface area contributed by atoms with Crippen LogP contribution in [0.3, 0.4) is 0 Å². The van der Waals surface area contributed by atoms with Gasteiger partial charge in [0.1, 0.15) is 12.1 Å². The molecule has 0 amide bonds. The molecule has 0 unspecified atom stereocenters. The highest BCUT2D eigenvalue weighted by Crippen LogP contribution is 2.32. The molecule has 5 nitrogen and oxygen atoms in total. The fourth-order valence-corrected chi connectivity index (χ4v) is 4.10. The van der Waals surface area contributed by atoms with Crippen molar-refractivity contribution in [1.82, 2.24) is 9.97 Å². The second-order valence-corrected chi connectivity index (χ2v) is 8.42. The molecule has 0 saturated carbocycles. The third-order valence-corrected chi connectivity index (χ3v) is 6.24. The van der Waals surface area contributed by atoms with Crippen molar-refractivity contribution in [2.45, 2.75) is 41.0 Å². The Hall–Kier alpha value is -3.38. The average molecular weight is 475 g/mol. The van der Waals surface area contributed by atoms with Crippen LogP contribution in [0.5, 0.6) is 0 Å². The van der Waals surface area contributed by atoms with Crippen molar-refractivity contribution in [3.05, 3.63) is 77.0 Å². The number of aryl methyl sites for hydroxylation is 1. The fraction of sp³-hybridized carbons (Fsp3) is 0.345. The van der Waals surface area contributed by atoms with E-state index in [0.717, 1.165) is 66.0 Å². The molecule has 4 rings (SSSR count). The highest BCUT2D eigenvalue weighted by Gasteiger charge is 2.17. The van der Waals surface area contributed by atoms with Crippen LogP contribution in [0.1, 0.15) is 38.8 Å². The van der Waals surface area contributed by atoms with Gasteiger partial charge in [-0.1, -0.05) is 25.0 Å². The summed E-state index contributed by atoms with van der Waals surface area (Å²) in [7, 11) is 0. The number of hydrogen-bond donors (Lipinski definition) is 0. The van der Waals surface area contributed by atoms with Crippen molar-refractivity contribution in [2.24, 2.45) is 4.99 Å². The molecule has 0 atom stereocenters. The topological polar surface area (TPSA) is 50.6 Å². The van der Waals surface area contributed by atoms with Crippen molar-refractivity contribution in [2.75, 3.05) is 31.2 Å². The molecule has 2 aromatic carbocycles. The number of aliphatic imine (C=N–C) groups is 1. The van der Waals surface area contributed by atoms with E-state index in [4.69, 9.17) is 4.74 Å². The molecule has 1 aromatic heterocycles. The number of rotatable bonds is 6. The van der Waals surface area contributed by atoms with Crippen LogP contribution in [0.2, 0.25) is 0 Å². The maximum Gasteiger partial charge on any atom is 0.132 e. The summed E-state index contributed by atoms with van der Waals surface area (Å²) >= 11 is 0. The number of nitrogens with zero attached hydrogens (tertiary/aromatic N) is 4. The molecule has 0 radical (unpaired) electrons. The number of aromatic nitrogens is 2. The predicted octanol–water partition coefficient (Wildman–Crippen LogP) is 6.70. The first-order valence-electron chi connectivity index (χ1n) is 12.1. The zero-order valence-corrected chi connectivity index (χ0v) is 21.4. The molecule has 0 N–H and O–H groups in total. The molecule has 1 aliphatic rings. The summed E-state index contributed by atoms with van der Waals surface area (Å²) in [6, 6.07) is 9.63. The van der Waals surface area contributed by atoms with Gasteiger partial charge in [0.15, 0.2) is 0 Å². The van der Waals surface area contributed by atoms with Gasteiger partial charge < -0.3 is 9.64 Å². The van der Waals surface area contributed by atoms with Crippen LogP contribution in [-0.2, 0) is 11.2 Å². The van der Waals surface area contributed by atoms with E-state index in [1.54, 1.807) is 12.3 Å². The van der Waals surface area contributed by atoms with Gasteiger partial charge in [-0.05, 0) is 81.4 Å². The van der Waals surface area contributed by atoms with E-state index in [9.17, 15) is 0 Å². The quantitative estimate of drug-likeness (QED) is 0.295. The number of benzene rings is 2. The Kier molecular flexibility index (Phi) is 9.26. The predicted molar refractivity (Wildman–Crippen MR) is 145 cm³/mol. The minimum absolute atomic E-state index is 0.275. The van der Waals surface area contributed by atoms with Gasteiger partial charge in [0, 0.05) is 35.9 Å². The third-order valence-electron chi connectivity index (χ3n) is 6.24. The molecule has 0 bridgehead atoms. The largest absolute Gasteiger partial charge is 0.378 e. The van der Waals surface area contributed by atoms with Crippen molar-refractivity contribution in [3.63, 3.8) is 0 Å². The Balaban J connectivity index is 0.00000167. The standard InChI is InChI=1S/C27H29FN4O.C2H6/c1-18(7-8-29-4)19(2)13-21-15-24(25(28)14-20(21)3)27-23-6-5-22(16-26(23)30-17-31-27)32-9-11-33-12-10-32;1-2/h5-8,14-17H,4,9-13H2,1-3H3;1-2H3/b8-7-,19-18+;. The monoisotopic (exact) mass is 474 g/mol. The Labute approximate surface area is 208 Å². The molecule has 1 aliphatic heterocycles. The average Bonchev–Trinajstić information content (AvgIpc) is 2.89. The van der Waals surface area contributed by atoms with Crippen molar-refractivity contribution in [3.8, 4) is 11.3 Å². The van der Waals surface area contributed by atoms with Gasteiger partial charge in [0.05, 0.1) is 24.4 Å². The molecule has 1 fully saturated rings. The van der Waals surface area contributed by atoms with Gasteiger partial charge in [0.2, 0.25) is 0 Å². The zero-order valence-electron chi connectivity index (χ0n) is 21.4. The van der Waals surface area contributed by atoms with Crippen LogP contribution in [0, 0.1) is 12.7 Å². The molecule has 0 spiro atoms. The normalized spacial score (nSPS) is 14.5. The van der Waals surface area contributed by atoms with Crippen molar-refractivity contribution >= 4 is 23.3 Å². The molecular weight excluding hydrogens is 439 g/mol. The molecule has 1 saturated heterocycles. The van der Waals surface area contributed by atoms with Crippen LogP contribution >= 0.6 is 0 Å². The molecule has 3 aromatic rings. The Morgan fingerprint density at radius 3 is 2.60 bits per heavy atom. The maximum absolute atomic E-state index is 15.2. The van der Waals surface area contributed by atoms with Crippen LogP contribution < -0.4 is 4.90 Å². The summed E-state index contributed by atoms with van der Waals surface area (Å²) in [5.41, 5.74) is 7.31. The van der Waals surface area contributed by atoms with Gasteiger partial charge >= 0.3 is 0 Å². The van der Waals surface area contributed by atoms with E-state index in [0.29, 0.717) is 11.3 Å². The number of ether oxygens (including phenoxy) is 1. The number of fused-ring (bicyclic) bond motifs is 1. The summed E-state index contributed by atoms with van der Waals surface area (Å²) in [6.07, 6.45) is 5.85. The first-order chi connectivity index (χ1) is 17.0. The molecule has 35 heavy (non-hydrogen) atoms. The highest BCUT2D eigenvalue weighted by atomic mass is 19.1. The van der Waals surface area contributed by atoms with E-state index in [-0.39, 0.29) is 5.82 Å². The van der Waals surface area contributed by atoms with E-state index in [1.807, 2.05) is 45.9 Å². The smallest absolute Gasteiger partial charge is 0.132 e. The van der Waals surface area contributed by atoms with Crippen LogP contribution in [0.25, 0.3) is 22.2 Å². The summed E-state index contributed by atoms with van der Waals surface area (Å²) in [4.78, 5) is 15.0. The lowest BCUT2D eigenvalue weighted by molar-refractivity contribution is 0.122. The summed E-state index contributed by atoms with van der Waals surface area (Å²) in [5.74, 6) is -0.275. The molecule has 184 valence electrons. The van der Waals surface area contributed by atoms with E-state index in [2.05, 4.69) is 45.6 Å². The second-order valence-electron chi connectivity index (χ2n) is 8.42. The Bertz CT molecular complexity index is 1240. The van der Waals surface area contributed by atoms with Crippen LogP contribution in [0.15, 0.2) is 65.1 Å². The number of anilines is 1. The third kappa shape index (κ3) is 6.20. The SMILES string of the molecule is C=N/C=C\C(C)=C(/C)Cc1cc(-c2ncnc3cc(N4CCOCC4)ccc23)c(F)cc1C.CC. The summed E-state index contributed by atoms with van der Waals surface area (Å²) in [5, 5.41) is 0.839. The zero-order chi connectivity index (χ0) is 25.4. The number of morpholine rings is 1. The fourth-order valence-electron chi connectivity index (χ4n) is 4.10. The van der Waals surface area contributed by atoms with Gasteiger partial charge in [-0.3, -0.25) is 4.99 Å². The first-order valence-corrected chi connectivity index (χ1v) is 12.1. The minimum Gasteiger partial charge on any atom is -0.378 e. The number of allylic oxidation sites excluding steroid dienone is 3. The minimum atomic E-state index is -0.275. The van der Waals surface area contributed by atoms with Gasteiger partial charge in [-0.25, -0.2) is 14.4 Å². The van der Waals surface area contributed by atoms with Gasteiger partial charge in [0.25, 0.3) is 0 Å². The van der Waals surface area contributed by atoms with Gasteiger partial charge in [-0.2, -0.15) is 0 Å². The Morgan fingerprint density at radius 2 is 1.89 bits per heavy atom. The lowest BCUT2D eigenvalue weighted by Gasteiger charge is -2.29. The van der Waals surface area contributed by atoms with E-state index >= 15 is 4.39 Å². The Morgan fingerprint density at radius 1 is 1.14 bits per heavy atom. The van der Waals surface area contributed by atoms with Crippen LogP contribution in [0.4, 0.5) is 10.1 Å². The second kappa shape index (κ2) is 12.4. The van der Waals surface area contributed by atoms with E-state index < -0.39 is 0 Å². The number of halogens is 1. The lowest BCUT2D eigenvalue weighted by Crippen LogP contribution is -2.36. The maximum atomic E-state index is 15.2. The molecular formula is C29H35FN4O.